The summed E-state index contributed by atoms with van der Waals surface area (Å²) in [6.45, 7) is -0.0863. The summed E-state index contributed by atoms with van der Waals surface area (Å²) < 4.78 is 6.05. The Bertz CT molecular complexity index is 676. The highest BCUT2D eigenvalue weighted by molar-refractivity contribution is 8.01. The van der Waals surface area contributed by atoms with Crippen molar-refractivity contribution in [1.29, 1.82) is 5.41 Å². The number of hydrogen-bond donors (Lipinski definition) is 3. The molecule has 0 amide bonds. The smallest absolute Gasteiger partial charge is 0.147 e. The third-order valence-corrected chi connectivity index (χ3v) is 5.04. The number of thioether (sulfide) groups is 1. The van der Waals surface area contributed by atoms with Gasteiger partial charge in [-0.05, 0) is 24.1 Å². The number of rotatable bonds is 5. The lowest BCUT2D eigenvalue weighted by Crippen LogP contribution is -2.24. The van der Waals surface area contributed by atoms with Crippen molar-refractivity contribution in [3.05, 3.63) is 59.7 Å². The summed E-state index contributed by atoms with van der Waals surface area (Å²) >= 11 is 1.60. The Morgan fingerprint density at radius 3 is 2.73 bits per heavy atom. The molecule has 2 aromatic carbocycles. The van der Waals surface area contributed by atoms with E-state index in [9.17, 15) is 5.11 Å². The number of nitrogens with one attached hydrogen (secondary N) is 1. The van der Waals surface area contributed by atoms with Crippen molar-refractivity contribution in [2.75, 3.05) is 6.61 Å². The van der Waals surface area contributed by atoms with Crippen molar-refractivity contribution in [3.8, 4) is 5.75 Å². The Kier molecular flexibility index (Phi) is 4.36. The van der Waals surface area contributed by atoms with E-state index >= 15 is 0 Å². The molecular weight excluding hydrogens is 296 g/mol. The Labute approximate surface area is 133 Å². The van der Waals surface area contributed by atoms with Gasteiger partial charge >= 0.3 is 0 Å². The minimum Gasteiger partial charge on any atom is -0.483 e. The SMILES string of the molecule is N=C(N)C1Cc2c(OC(CO)c3ccccc3)cccc2S1. The van der Waals surface area contributed by atoms with Crippen LogP contribution in [0.25, 0.3) is 0 Å². The second-order valence-electron chi connectivity index (χ2n) is 5.20. The molecule has 0 saturated heterocycles. The van der Waals surface area contributed by atoms with E-state index in [-0.39, 0.29) is 17.7 Å². The molecule has 0 fully saturated rings. The first-order valence-electron chi connectivity index (χ1n) is 7.14. The van der Waals surface area contributed by atoms with E-state index in [2.05, 4.69) is 0 Å². The maximum absolute atomic E-state index is 9.65. The number of benzene rings is 2. The zero-order valence-corrected chi connectivity index (χ0v) is 12.8. The quantitative estimate of drug-likeness (QED) is 0.585. The van der Waals surface area contributed by atoms with Crippen LogP contribution in [0.1, 0.15) is 17.2 Å². The van der Waals surface area contributed by atoms with Crippen molar-refractivity contribution in [3.63, 3.8) is 0 Å². The average molecular weight is 314 g/mol. The van der Waals surface area contributed by atoms with Crippen LogP contribution in [0, 0.1) is 5.41 Å². The molecule has 3 rings (SSSR count). The predicted octanol–water partition coefficient (Wildman–Crippen LogP) is 2.75. The van der Waals surface area contributed by atoms with Gasteiger partial charge in [0.15, 0.2) is 0 Å². The topological polar surface area (TPSA) is 79.3 Å². The highest BCUT2D eigenvalue weighted by Crippen LogP contribution is 2.42. The first-order valence-corrected chi connectivity index (χ1v) is 8.02. The monoisotopic (exact) mass is 314 g/mol. The van der Waals surface area contributed by atoms with Crippen LogP contribution in [0.4, 0.5) is 0 Å². The summed E-state index contributed by atoms with van der Waals surface area (Å²) in [7, 11) is 0. The van der Waals surface area contributed by atoms with E-state index in [1.165, 1.54) is 0 Å². The number of hydrogen-bond acceptors (Lipinski definition) is 4. The standard InChI is InChI=1S/C17H18N2O2S/c18-17(19)16-9-12-13(7-4-8-15(12)22-16)21-14(10-20)11-5-2-1-3-6-11/h1-8,14,16,20H,9-10H2,(H3,18,19). The highest BCUT2D eigenvalue weighted by Gasteiger charge is 2.28. The van der Waals surface area contributed by atoms with Crippen LogP contribution in [0.15, 0.2) is 53.4 Å². The third kappa shape index (κ3) is 2.96. The molecule has 0 spiro atoms. The maximum atomic E-state index is 9.65. The van der Waals surface area contributed by atoms with Crippen LogP contribution >= 0.6 is 11.8 Å². The van der Waals surface area contributed by atoms with Crippen LogP contribution in [-0.4, -0.2) is 22.8 Å². The summed E-state index contributed by atoms with van der Waals surface area (Å²) in [6.07, 6.45) is 0.299. The fourth-order valence-corrected chi connectivity index (χ4v) is 3.72. The molecule has 0 aliphatic carbocycles. The minimum atomic E-state index is -0.394. The molecule has 2 atom stereocenters. The van der Waals surface area contributed by atoms with Gasteiger partial charge in [0.25, 0.3) is 0 Å². The molecule has 1 heterocycles. The summed E-state index contributed by atoms with van der Waals surface area (Å²) in [4.78, 5) is 1.10. The molecule has 0 saturated carbocycles. The largest absolute Gasteiger partial charge is 0.483 e. The van der Waals surface area contributed by atoms with E-state index in [1.807, 2.05) is 48.5 Å². The lowest BCUT2D eigenvalue weighted by molar-refractivity contribution is 0.115. The molecule has 5 heteroatoms. The van der Waals surface area contributed by atoms with Crippen molar-refractivity contribution < 1.29 is 9.84 Å². The third-order valence-electron chi connectivity index (χ3n) is 3.70. The van der Waals surface area contributed by atoms with Gasteiger partial charge in [0.2, 0.25) is 0 Å². The van der Waals surface area contributed by atoms with Crippen molar-refractivity contribution in [2.45, 2.75) is 22.7 Å². The highest BCUT2D eigenvalue weighted by atomic mass is 32.2. The van der Waals surface area contributed by atoms with Crippen molar-refractivity contribution in [2.24, 2.45) is 5.73 Å². The molecule has 22 heavy (non-hydrogen) atoms. The van der Waals surface area contributed by atoms with Gasteiger partial charge in [-0.25, -0.2) is 0 Å². The van der Waals surface area contributed by atoms with Crippen LogP contribution in [0.3, 0.4) is 0 Å². The van der Waals surface area contributed by atoms with Crippen LogP contribution in [0.2, 0.25) is 0 Å². The fourth-order valence-electron chi connectivity index (χ4n) is 2.55. The van der Waals surface area contributed by atoms with E-state index in [0.717, 1.165) is 21.8 Å². The Morgan fingerprint density at radius 2 is 2.05 bits per heavy atom. The van der Waals surface area contributed by atoms with E-state index in [0.29, 0.717) is 6.42 Å². The van der Waals surface area contributed by atoms with Gasteiger partial charge in [-0.2, -0.15) is 0 Å². The van der Waals surface area contributed by atoms with Gasteiger partial charge in [0.05, 0.1) is 11.9 Å². The van der Waals surface area contributed by atoms with Gasteiger partial charge in [-0.1, -0.05) is 36.4 Å². The molecule has 0 radical (unpaired) electrons. The zero-order valence-electron chi connectivity index (χ0n) is 12.0. The van der Waals surface area contributed by atoms with Crippen molar-refractivity contribution in [1.82, 2.24) is 0 Å². The van der Waals surface area contributed by atoms with Gasteiger partial charge < -0.3 is 15.6 Å². The first kappa shape index (κ1) is 14.9. The minimum absolute atomic E-state index is 0.0240. The van der Waals surface area contributed by atoms with Crippen molar-refractivity contribution >= 4 is 17.6 Å². The summed E-state index contributed by atoms with van der Waals surface area (Å²) in [5.74, 6) is 0.950. The molecular formula is C17H18N2O2S. The van der Waals surface area contributed by atoms with E-state index in [4.69, 9.17) is 15.9 Å². The molecule has 1 aliphatic heterocycles. The summed E-state index contributed by atoms with van der Waals surface area (Å²) in [6, 6.07) is 15.5. The molecule has 4 nitrogen and oxygen atoms in total. The number of aliphatic hydroxyl groups is 1. The molecule has 0 aromatic heterocycles. The number of ether oxygens (including phenoxy) is 1. The number of fused-ring (bicyclic) bond motifs is 1. The lowest BCUT2D eigenvalue weighted by atomic mass is 10.1. The van der Waals surface area contributed by atoms with Crippen LogP contribution in [-0.2, 0) is 6.42 Å². The Balaban J connectivity index is 1.85. The lowest BCUT2D eigenvalue weighted by Gasteiger charge is -2.19. The predicted molar refractivity (Wildman–Crippen MR) is 88.6 cm³/mol. The number of amidine groups is 1. The van der Waals surface area contributed by atoms with Gasteiger partial charge in [-0.3, -0.25) is 5.41 Å². The number of nitrogens with two attached hydrogens (primary N) is 1. The summed E-state index contributed by atoms with van der Waals surface area (Å²) in [5, 5.41) is 17.2. The maximum Gasteiger partial charge on any atom is 0.147 e. The molecule has 0 bridgehead atoms. The molecule has 114 valence electrons. The van der Waals surface area contributed by atoms with Crippen LogP contribution < -0.4 is 10.5 Å². The molecule has 2 aromatic rings. The molecule has 2 unspecified atom stereocenters. The van der Waals surface area contributed by atoms with E-state index in [1.54, 1.807) is 11.8 Å². The average Bonchev–Trinajstić information content (AvgIpc) is 2.98. The normalized spacial score (nSPS) is 17.8. The van der Waals surface area contributed by atoms with E-state index < -0.39 is 6.10 Å². The second-order valence-corrected chi connectivity index (χ2v) is 6.44. The Morgan fingerprint density at radius 1 is 1.27 bits per heavy atom. The number of aliphatic hydroxyl groups excluding tert-OH is 1. The second kappa shape index (κ2) is 6.42. The zero-order chi connectivity index (χ0) is 15.5. The first-order chi connectivity index (χ1) is 10.7. The molecule has 4 N–H and O–H groups in total. The van der Waals surface area contributed by atoms with Gasteiger partial charge in [-0.15, -0.1) is 11.8 Å². The molecule has 1 aliphatic rings. The van der Waals surface area contributed by atoms with Gasteiger partial charge in [0, 0.05) is 10.5 Å². The Hall–Kier alpha value is -1.98. The summed E-state index contributed by atoms with van der Waals surface area (Å²) in [5.41, 5.74) is 7.64. The fraction of sp³-hybridized carbons (Fsp3) is 0.235. The van der Waals surface area contributed by atoms with Crippen LogP contribution in [0.5, 0.6) is 5.75 Å². The van der Waals surface area contributed by atoms with Gasteiger partial charge in [0.1, 0.15) is 17.7 Å².